The predicted octanol–water partition coefficient (Wildman–Crippen LogP) is 1.80. The van der Waals surface area contributed by atoms with E-state index in [1.807, 2.05) is 24.3 Å². The minimum absolute atomic E-state index is 0.123. The summed E-state index contributed by atoms with van der Waals surface area (Å²) in [5.74, 6) is -1.74. The number of hydrogen-bond acceptors (Lipinski definition) is 6. The standard InChI is InChI=1S/C22H23N3O6S/c1-14(26)24-20(11-15-12-23-19-6-4-3-5-18(15)19)22(28)31-13-21(27)25-16-7-9-17(10-8-16)32(2,29)30/h3-10,12,20,23H,11,13H2,1-2H3,(H,24,26)(H,25,27)/t20-/m0/s1. The molecule has 10 heteroatoms. The fraction of sp³-hybridized carbons (Fsp3) is 0.227. The summed E-state index contributed by atoms with van der Waals surface area (Å²) in [7, 11) is -3.34. The van der Waals surface area contributed by atoms with Gasteiger partial charge < -0.3 is 20.4 Å². The molecular weight excluding hydrogens is 434 g/mol. The van der Waals surface area contributed by atoms with Crippen LogP contribution in [0.1, 0.15) is 12.5 Å². The first-order chi connectivity index (χ1) is 15.1. The lowest BCUT2D eigenvalue weighted by molar-refractivity contribution is -0.150. The summed E-state index contributed by atoms with van der Waals surface area (Å²) in [6, 6.07) is 12.2. The lowest BCUT2D eigenvalue weighted by Gasteiger charge is -2.16. The summed E-state index contributed by atoms with van der Waals surface area (Å²) in [6.07, 6.45) is 3.04. The van der Waals surface area contributed by atoms with Crippen molar-refractivity contribution in [3.63, 3.8) is 0 Å². The van der Waals surface area contributed by atoms with E-state index >= 15 is 0 Å². The molecule has 3 rings (SSSR count). The molecule has 0 fully saturated rings. The molecule has 0 radical (unpaired) electrons. The molecule has 32 heavy (non-hydrogen) atoms. The molecule has 0 aliphatic rings. The minimum Gasteiger partial charge on any atom is -0.454 e. The molecule has 1 aromatic heterocycles. The summed E-state index contributed by atoms with van der Waals surface area (Å²) >= 11 is 0. The maximum atomic E-state index is 12.6. The number of carbonyl (C=O) groups excluding carboxylic acids is 3. The van der Waals surface area contributed by atoms with Gasteiger partial charge in [-0.05, 0) is 35.9 Å². The van der Waals surface area contributed by atoms with Crippen molar-refractivity contribution in [1.82, 2.24) is 10.3 Å². The van der Waals surface area contributed by atoms with Gasteiger partial charge in [0, 0.05) is 42.4 Å². The fourth-order valence-electron chi connectivity index (χ4n) is 3.18. The second-order valence-corrected chi connectivity index (χ2v) is 9.28. The average molecular weight is 458 g/mol. The number of benzene rings is 2. The summed E-state index contributed by atoms with van der Waals surface area (Å²) in [5.41, 5.74) is 2.08. The molecule has 1 heterocycles. The van der Waals surface area contributed by atoms with E-state index in [1.165, 1.54) is 31.2 Å². The third-order valence-corrected chi connectivity index (χ3v) is 5.80. The Hall–Kier alpha value is -3.66. The van der Waals surface area contributed by atoms with Crippen molar-refractivity contribution in [2.75, 3.05) is 18.2 Å². The SMILES string of the molecule is CC(=O)N[C@@H](Cc1c[nH]c2ccccc12)C(=O)OCC(=O)Nc1ccc(S(C)(=O)=O)cc1. The Morgan fingerprint density at radius 1 is 1.06 bits per heavy atom. The third kappa shape index (κ3) is 5.94. The van der Waals surface area contributed by atoms with E-state index in [2.05, 4.69) is 15.6 Å². The molecule has 0 spiro atoms. The van der Waals surface area contributed by atoms with Crippen molar-refractivity contribution in [1.29, 1.82) is 0 Å². The van der Waals surface area contributed by atoms with Crippen molar-refractivity contribution in [3.05, 3.63) is 60.3 Å². The van der Waals surface area contributed by atoms with Gasteiger partial charge in [0.1, 0.15) is 6.04 Å². The van der Waals surface area contributed by atoms with E-state index in [4.69, 9.17) is 4.74 Å². The van der Waals surface area contributed by atoms with Crippen molar-refractivity contribution in [2.45, 2.75) is 24.3 Å². The van der Waals surface area contributed by atoms with Gasteiger partial charge in [0.05, 0.1) is 4.90 Å². The Labute approximate surface area is 185 Å². The van der Waals surface area contributed by atoms with Crippen molar-refractivity contribution in [2.24, 2.45) is 0 Å². The number of esters is 1. The number of aromatic nitrogens is 1. The maximum absolute atomic E-state index is 12.6. The number of fused-ring (bicyclic) bond motifs is 1. The lowest BCUT2D eigenvalue weighted by Crippen LogP contribution is -2.43. The molecule has 3 N–H and O–H groups in total. The topological polar surface area (TPSA) is 134 Å². The highest BCUT2D eigenvalue weighted by atomic mass is 32.2. The van der Waals surface area contributed by atoms with Crippen LogP contribution >= 0.6 is 0 Å². The first-order valence-electron chi connectivity index (χ1n) is 9.72. The molecule has 2 amide bonds. The first kappa shape index (κ1) is 23.0. The van der Waals surface area contributed by atoms with Gasteiger partial charge in [-0.25, -0.2) is 13.2 Å². The van der Waals surface area contributed by atoms with Gasteiger partial charge in [0.2, 0.25) is 5.91 Å². The van der Waals surface area contributed by atoms with E-state index in [9.17, 15) is 22.8 Å². The van der Waals surface area contributed by atoms with Crippen LogP contribution in [0.25, 0.3) is 10.9 Å². The van der Waals surface area contributed by atoms with Gasteiger partial charge in [-0.2, -0.15) is 0 Å². The van der Waals surface area contributed by atoms with Crippen LogP contribution in [-0.4, -0.2) is 50.1 Å². The van der Waals surface area contributed by atoms with E-state index < -0.39 is 40.3 Å². The molecule has 1 atom stereocenters. The number of nitrogens with one attached hydrogen (secondary N) is 3. The molecule has 0 aliphatic carbocycles. The first-order valence-corrected chi connectivity index (χ1v) is 11.6. The number of rotatable bonds is 8. The van der Waals surface area contributed by atoms with Crippen molar-refractivity contribution < 1.29 is 27.5 Å². The summed E-state index contributed by atoms with van der Waals surface area (Å²) < 4.78 is 28.1. The van der Waals surface area contributed by atoms with Gasteiger partial charge in [0.15, 0.2) is 16.4 Å². The fourth-order valence-corrected chi connectivity index (χ4v) is 3.81. The van der Waals surface area contributed by atoms with Gasteiger partial charge in [-0.1, -0.05) is 18.2 Å². The molecule has 0 aliphatic heterocycles. The Balaban J connectivity index is 1.61. The molecule has 0 bridgehead atoms. The number of hydrogen-bond donors (Lipinski definition) is 3. The van der Waals surface area contributed by atoms with E-state index in [-0.39, 0.29) is 11.3 Å². The molecule has 0 saturated heterocycles. The van der Waals surface area contributed by atoms with E-state index in [0.29, 0.717) is 5.69 Å². The van der Waals surface area contributed by atoms with Crippen molar-refractivity contribution >= 4 is 44.2 Å². The van der Waals surface area contributed by atoms with Crippen LogP contribution in [0.2, 0.25) is 0 Å². The molecule has 0 saturated carbocycles. The molecule has 3 aromatic rings. The quantitative estimate of drug-likeness (QED) is 0.442. The number of H-pyrrole nitrogens is 1. The zero-order valence-corrected chi connectivity index (χ0v) is 18.4. The third-order valence-electron chi connectivity index (χ3n) is 4.67. The number of aromatic amines is 1. The Bertz CT molecular complexity index is 1250. The zero-order chi connectivity index (χ0) is 23.3. The second-order valence-electron chi connectivity index (χ2n) is 7.27. The van der Waals surface area contributed by atoms with Gasteiger partial charge in [-0.15, -0.1) is 0 Å². The smallest absolute Gasteiger partial charge is 0.329 e. The van der Waals surface area contributed by atoms with Crippen LogP contribution in [0, 0.1) is 0 Å². The summed E-state index contributed by atoms with van der Waals surface area (Å²) in [4.78, 5) is 39.5. The average Bonchev–Trinajstić information content (AvgIpc) is 3.14. The monoisotopic (exact) mass is 457 g/mol. The molecular formula is C22H23N3O6S. The predicted molar refractivity (Wildman–Crippen MR) is 119 cm³/mol. The number of amides is 2. The summed E-state index contributed by atoms with van der Waals surface area (Å²) in [6.45, 7) is 0.735. The Kier molecular flexibility index (Phi) is 6.94. The van der Waals surface area contributed by atoms with E-state index in [0.717, 1.165) is 22.7 Å². The van der Waals surface area contributed by atoms with Crippen LogP contribution in [0.3, 0.4) is 0 Å². The molecule has 9 nitrogen and oxygen atoms in total. The Morgan fingerprint density at radius 3 is 2.41 bits per heavy atom. The second kappa shape index (κ2) is 9.65. The van der Waals surface area contributed by atoms with Gasteiger partial charge in [0.25, 0.3) is 5.91 Å². The van der Waals surface area contributed by atoms with Crippen LogP contribution in [0.15, 0.2) is 59.6 Å². The van der Waals surface area contributed by atoms with Crippen LogP contribution in [-0.2, 0) is 35.4 Å². The largest absolute Gasteiger partial charge is 0.454 e. The minimum atomic E-state index is -3.34. The lowest BCUT2D eigenvalue weighted by atomic mass is 10.0. The number of anilines is 1. The highest BCUT2D eigenvalue weighted by molar-refractivity contribution is 7.90. The van der Waals surface area contributed by atoms with Gasteiger partial charge >= 0.3 is 5.97 Å². The number of para-hydroxylation sites is 1. The maximum Gasteiger partial charge on any atom is 0.329 e. The van der Waals surface area contributed by atoms with Crippen LogP contribution < -0.4 is 10.6 Å². The number of carbonyl (C=O) groups is 3. The molecule has 168 valence electrons. The van der Waals surface area contributed by atoms with Crippen LogP contribution in [0.5, 0.6) is 0 Å². The zero-order valence-electron chi connectivity index (χ0n) is 17.5. The number of ether oxygens (including phenoxy) is 1. The van der Waals surface area contributed by atoms with Crippen LogP contribution in [0.4, 0.5) is 5.69 Å². The normalized spacial score (nSPS) is 12.2. The highest BCUT2D eigenvalue weighted by Crippen LogP contribution is 2.19. The summed E-state index contributed by atoms with van der Waals surface area (Å²) in [5, 5.41) is 6.00. The number of sulfone groups is 1. The van der Waals surface area contributed by atoms with E-state index in [1.54, 1.807) is 6.20 Å². The molecule has 2 aromatic carbocycles. The van der Waals surface area contributed by atoms with Gasteiger partial charge in [-0.3, -0.25) is 9.59 Å². The van der Waals surface area contributed by atoms with Crippen molar-refractivity contribution in [3.8, 4) is 0 Å². The molecule has 0 unspecified atom stereocenters. The Morgan fingerprint density at radius 2 is 1.75 bits per heavy atom. The highest BCUT2D eigenvalue weighted by Gasteiger charge is 2.24.